The van der Waals surface area contributed by atoms with E-state index in [1.807, 2.05) is 13.0 Å². The van der Waals surface area contributed by atoms with Crippen LogP contribution < -0.4 is 5.32 Å². The van der Waals surface area contributed by atoms with Gasteiger partial charge in [-0.1, -0.05) is 0 Å². The molecule has 0 aliphatic heterocycles. The monoisotopic (exact) mass is 322 g/mol. The van der Waals surface area contributed by atoms with Crippen molar-refractivity contribution in [2.24, 2.45) is 0 Å². The molecular weight excluding hydrogens is 304 g/mol. The van der Waals surface area contributed by atoms with E-state index < -0.39 is 0 Å². The molecule has 24 heavy (non-hydrogen) atoms. The van der Waals surface area contributed by atoms with Gasteiger partial charge < -0.3 is 9.73 Å². The van der Waals surface area contributed by atoms with Gasteiger partial charge in [-0.3, -0.25) is 14.8 Å². The lowest BCUT2D eigenvalue weighted by Crippen LogP contribution is -2.34. The molecule has 1 fully saturated rings. The summed E-state index contributed by atoms with van der Waals surface area (Å²) >= 11 is 0. The molecule has 4 rings (SSSR count). The minimum absolute atomic E-state index is 0.0401. The Labute approximate surface area is 139 Å². The summed E-state index contributed by atoms with van der Waals surface area (Å²) in [5.41, 5.74) is 2.91. The molecule has 3 aromatic rings. The Morgan fingerprint density at radius 2 is 2.25 bits per heavy atom. The Bertz CT molecular complexity index is 871. The van der Waals surface area contributed by atoms with Crippen molar-refractivity contribution in [2.45, 2.75) is 38.1 Å². The van der Waals surface area contributed by atoms with Crippen LogP contribution >= 0.6 is 0 Å². The lowest BCUT2D eigenvalue weighted by atomic mass is 10.1. The number of oxazole rings is 1. The summed E-state index contributed by atoms with van der Waals surface area (Å²) in [5, 5.41) is 2.98. The largest absolute Gasteiger partial charge is 0.440 e. The molecule has 122 valence electrons. The molecule has 1 atom stereocenters. The highest BCUT2D eigenvalue weighted by molar-refractivity contribution is 5.97. The average Bonchev–Trinajstić information content (AvgIpc) is 3.34. The van der Waals surface area contributed by atoms with Crippen molar-refractivity contribution in [1.82, 2.24) is 20.3 Å². The predicted octanol–water partition coefficient (Wildman–Crippen LogP) is 2.86. The second-order valence-corrected chi connectivity index (χ2v) is 6.28. The first-order valence-corrected chi connectivity index (χ1v) is 8.15. The number of carbonyl (C=O) groups excluding carboxylic acids is 1. The van der Waals surface area contributed by atoms with Crippen molar-refractivity contribution in [3.8, 4) is 0 Å². The maximum absolute atomic E-state index is 12.4. The van der Waals surface area contributed by atoms with E-state index in [0.717, 1.165) is 29.9 Å². The highest BCUT2D eigenvalue weighted by atomic mass is 16.3. The third-order valence-corrected chi connectivity index (χ3v) is 4.10. The smallest absolute Gasteiger partial charge is 0.251 e. The molecule has 6 heteroatoms. The van der Waals surface area contributed by atoms with Gasteiger partial charge in [0.25, 0.3) is 5.91 Å². The summed E-state index contributed by atoms with van der Waals surface area (Å²) in [6.07, 6.45) is 7.91. The first-order chi connectivity index (χ1) is 11.7. The van der Waals surface area contributed by atoms with Gasteiger partial charge in [-0.15, -0.1) is 0 Å². The van der Waals surface area contributed by atoms with Gasteiger partial charge in [0.05, 0.1) is 5.69 Å². The van der Waals surface area contributed by atoms with E-state index in [1.165, 1.54) is 0 Å². The Kier molecular flexibility index (Phi) is 3.72. The van der Waals surface area contributed by atoms with Crippen LogP contribution in [0.15, 0.2) is 41.2 Å². The Morgan fingerprint density at radius 1 is 1.38 bits per heavy atom. The number of hydrogen-bond acceptors (Lipinski definition) is 5. The molecule has 0 spiro atoms. The predicted molar refractivity (Wildman–Crippen MR) is 88.6 cm³/mol. The number of hydrogen-bond donors (Lipinski definition) is 1. The highest BCUT2D eigenvalue weighted by Crippen LogP contribution is 2.40. The van der Waals surface area contributed by atoms with Gasteiger partial charge in [-0.05, 0) is 38.0 Å². The van der Waals surface area contributed by atoms with E-state index in [4.69, 9.17) is 4.42 Å². The van der Waals surface area contributed by atoms with Crippen molar-refractivity contribution in [1.29, 1.82) is 0 Å². The fourth-order valence-electron chi connectivity index (χ4n) is 2.70. The van der Waals surface area contributed by atoms with Crippen LogP contribution in [0.3, 0.4) is 0 Å². The quantitative estimate of drug-likeness (QED) is 0.781. The Hall–Kier alpha value is -2.76. The SMILES string of the molecule is C[C@@H](Cc1cnccn1)NC(=O)c1ccc2nc(C3CC3)oc2c1. The molecule has 1 aliphatic rings. The number of benzene rings is 1. The average molecular weight is 322 g/mol. The van der Waals surface area contributed by atoms with Crippen LogP contribution in [0, 0.1) is 0 Å². The van der Waals surface area contributed by atoms with Gasteiger partial charge in [-0.2, -0.15) is 0 Å². The van der Waals surface area contributed by atoms with Crippen LogP contribution in [0.4, 0.5) is 0 Å². The molecule has 0 saturated heterocycles. The van der Waals surface area contributed by atoms with Crippen LogP contribution in [0.1, 0.15) is 47.6 Å². The number of amides is 1. The van der Waals surface area contributed by atoms with Gasteiger partial charge in [0.15, 0.2) is 11.5 Å². The van der Waals surface area contributed by atoms with E-state index >= 15 is 0 Å². The van der Waals surface area contributed by atoms with Crippen LogP contribution in [-0.2, 0) is 6.42 Å². The molecule has 2 heterocycles. The topological polar surface area (TPSA) is 80.9 Å². The second kappa shape index (κ2) is 6.03. The van der Waals surface area contributed by atoms with Gasteiger partial charge >= 0.3 is 0 Å². The van der Waals surface area contributed by atoms with Crippen LogP contribution in [0.25, 0.3) is 11.1 Å². The lowest BCUT2D eigenvalue weighted by molar-refractivity contribution is 0.0940. The third kappa shape index (κ3) is 3.13. The van der Waals surface area contributed by atoms with Crippen LogP contribution in [0.2, 0.25) is 0 Å². The number of nitrogens with one attached hydrogen (secondary N) is 1. The number of carbonyl (C=O) groups is 1. The molecule has 1 N–H and O–H groups in total. The maximum atomic E-state index is 12.4. The van der Waals surface area contributed by atoms with Gasteiger partial charge in [0, 0.05) is 42.5 Å². The second-order valence-electron chi connectivity index (χ2n) is 6.28. The zero-order valence-corrected chi connectivity index (χ0v) is 13.4. The molecule has 0 bridgehead atoms. The van der Waals surface area contributed by atoms with Crippen molar-refractivity contribution in [3.63, 3.8) is 0 Å². The fourth-order valence-corrected chi connectivity index (χ4v) is 2.70. The summed E-state index contributed by atoms with van der Waals surface area (Å²) in [6, 6.07) is 5.35. The van der Waals surface area contributed by atoms with Gasteiger partial charge in [0.2, 0.25) is 0 Å². The molecule has 0 unspecified atom stereocenters. The summed E-state index contributed by atoms with van der Waals surface area (Å²) in [6.45, 7) is 1.95. The van der Waals surface area contributed by atoms with E-state index in [0.29, 0.717) is 23.5 Å². The summed E-state index contributed by atoms with van der Waals surface area (Å²) in [7, 11) is 0. The lowest BCUT2D eigenvalue weighted by Gasteiger charge is -2.13. The van der Waals surface area contributed by atoms with E-state index in [2.05, 4.69) is 20.3 Å². The summed E-state index contributed by atoms with van der Waals surface area (Å²) < 4.78 is 5.77. The number of nitrogens with zero attached hydrogens (tertiary/aromatic N) is 3. The summed E-state index contributed by atoms with van der Waals surface area (Å²) in [4.78, 5) is 25.2. The van der Waals surface area contributed by atoms with Crippen molar-refractivity contribution < 1.29 is 9.21 Å². The van der Waals surface area contributed by atoms with Crippen LogP contribution in [0.5, 0.6) is 0 Å². The van der Waals surface area contributed by atoms with Crippen molar-refractivity contribution in [3.05, 3.63) is 53.9 Å². The van der Waals surface area contributed by atoms with Gasteiger partial charge in [-0.25, -0.2) is 4.98 Å². The Morgan fingerprint density at radius 3 is 3.00 bits per heavy atom. The van der Waals surface area contributed by atoms with E-state index in [-0.39, 0.29) is 11.9 Å². The Balaban J connectivity index is 1.46. The molecule has 6 nitrogen and oxygen atoms in total. The maximum Gasteiger partial charge on any atom is 0.251 e. The molecule has 1 aliphatic carbocycles. The molecular formula is C18H18N4O2. The standard InChI is InChI=1S/C18H18N4O2/c1-11(8-14-10-19-6-7-20-14)21-17(23)13-4-5-15-16(9-13)24-18(22-15)12-2-3-12/h4-7,9-12H,2-3,8H2,1H3,(H,21,23)/t11-/m0/s1. The summed E-state index contributed by atoms with van der Waals surface area (Å²) in [5.74, 6) is 1.12. The first kappa shape index (κ1) is 14.8. The minimum atomic E-state index is -0.127. The van der Waals surface area contributed by atoms with Crippen LogP contribution in [-0.4, -0.2) is 26.9 Å². The molecule has 2 aromatic heterocycles. The number of aromatic nitrogens is 3. The van der Waals surface area contributed by atoms with E-state index in [9.17, 15) is 4.79 Å². The van der Waals surface area contributed by atoms with Crippen molar-refractivity contribution in [2.75, 3.05) is 0 Å². The van der Waals surface area contributed by atoms with E-state index in [1.54, 1.807) is 30.7 Å². The highest BCUT2D eigenvalue weighted by Gasteiger charge is 2.29. The molecule has 1 aromatic carbocycles. The van der Waals surface area contributed by atoms with Crippen molar-refractivity contribution >= 4 is 17.0 Å². The van der Waals surface area contributed by atoms with Gasteiger partial charge in [0.1, 0.15) is 5.52 Å². The normalized spacial score (nSPS) is 15.4. The minimum Gasteiger partial charge on any atom is -0.440 e. The molecule has 1 amide bonds. The number of fused-ring (bicyclic) bond motifs is 1. The molecule has 0 radical (unpaired) electrons. The fraction of sp³-hybridized carbons (Fsp3) is 0.333. The third-order valence-electron chi connectivity index (χ3n) is 4.10. The first-order valence-electron chi connectivity index (χ1n) is 8.15. The number of rotatable bonds is 5. The zero-order valence-electron chi connectivity index (χ0n) is 13.4. The zero-order chi connectivity index (χ0) is 16.5. The molecule has 1 saturated carbocycles.